The molecular formula is C18H24N4O2. The second kappa shape index (κ2) is 6.09. The molecule has 2 aromatic rings. The Hall–Kier alpha value is -2.08. The summed E-state index contributed by atoms with van der Waals surface area (Å²) in [5, 5.41) is 3.42. The molecule has 128 valence electrons. The van der Waals surface area contributed by atoms with E-state index in [2.05, 4.69) is 5.32 Å². The Labute approximate surface area is 141 Å². The molecule has 2 aliphatic heterocycles. The van der Waals surface area contributed by atoms with Crippen LogP contribution in [0.3, 0.4) is 0 Å². The molecule has 1 N–H and O–H groups in total. The lowest BCUT2D eigenvalue weighted by atomic mass is 10.1. The Balaban J connectivity index is 1.68. The lowest BCUT2D eigenvalue weighted by molar-refractivity contribution is -0.134. The van der Waals surface area contributed by atoms with E-state index < -0.39 is 0 Å². The first-order chi connectivity index (χ1) is 11.7. The number of fused-ring (bicyclic) bond motifs is 3. The maximum Gasteiger partial charge on any atom is 0.329 e. The van der Waals surface area contributed by atoms with Gasteiger partial charge in [0.05, 0.1) is 11.0 Å². The zero-order valence-electron chi connectivity index (χ0n) is 14.1. The summed E-state index contributed by atoms with van der Waals surface area (Å²) in [6.45, 7) is 4.55. The van der Waals surface area contributed by atoms with Crippen molar-refractivity contribution in [2.24, 2.45) is 0 Å². The second-order valence-corrected chi connectivity index (χ2v) is 6.78. The van der Waals surface area contributed by atoms with Gasteiger partial charge in [0, 0.05) is 25.2 Å². The number of carbonyl (C=O) groups is 1. The van der Waals surface area contributed by atoms with Crippen molar-refractivity contribution in [1.82, 2.24) is 19.4 Å². The first-order valence-electron chi connectivity index (χ1n) is 8.90. The fourth-order valence-electron chi connectivity index (χ4n) is 4.34. The summed E-state index contributed by atoms with van der Waals surface area (Å²) >= 11 is 0. The fraction of sp³-hybridized carbons (Fsp3) is 0.556. The van der Waals surface area contributed by atoms with Gasteiger partial charge in [-0.1, -0.05) is 12.1 Å². The molecule has 0 radical (unpaired) electrons. The normalized spacial score (nSPS) is 23.6. The molecule has 3 heterocycles. The third-order valence-electron chi connectivity index (χ3n) is 5.48. The van der Waals surface area contributed by atoms with Crippen molar-refractivity contribution in [3.8, 4) is 0 Å². The number of nitrogens with one attached hydrogen (secondary N) is 1. The molecule has 0 saturated carbocycles. The van der Waals surface area contributed by atoms with Gasteiger partial charge >= 0.3 is 5.69 Å². The lowest BCUT2D eigenvalue weighted by Gasteiger charge is -2.28. The molecule has 2 bridgehead atoms. The van der Waals surface area contributed by atoms with Crippen LogP contribution in [-0.4, -0.2) is 45.1 Å². The van der Waals surface area contributed by atoms with Crippen LogP contribution in [-0.2, 0) is 17.9 Å². The van der Waals surface area contributed by atoms with Crippen LogP contribution >= 0.6 is 0 Å². The van der Waals surface area contributed by atoms with Crippen LogP contribution in [0.5, 0.6) is 0 Å². The molecule has 24 heavy (non-hydrogen) atoms. The molecule has 2 aliphatic rings. The first-order valence-corrected chi connectivity index (χ1v) is 8.90. The molecule has 6 nitrogen and oxygen atoms in total. The molecule has 6 heteroatoms. The molecule has 2 saturated heterocycles. The quantitative estimate of drug-likeness (QED) is 0.920. The summed E-state index contributed by atoms with van der Waals surface area (Å²) < 4.78 is 3.38. The lowest BCUT2D eigenvalue weighted by Crippen LogP contribution is -2.45. The maximum absolute atomic E-state index is 13.0. The summed E-state index contributed by atoms with van der Waals surface area (Å²) in [6, 6.07) is 8.33. The van der Waals surface area contributed by atoms with Gasteiger partial charge in [0.15, 0.2) is 0 Å². The average Bonchev–Trinajstić information content (AvgIpc) is 3.00. The summed E-state index contributed by atoms with van der Waals surface area (Å²) in [4.78, 5) is 27.8. The van der Waals surface area contributed by atoms with Crippen LogP contribution in [0, 0.1) is 0 Å². The van der Waals surface area contributed by atoms with Gasteiger partial charge in [-0.3, -0.25) is 13.9 Å². The van der Waals surface area contributed by atoms with E-state index in [1.807, 2.05) is 36.1 Å². The van der Waals surface area contributed by atoms with Gasteiger partial charge in [0.25, 0.3) is 0 Å². The number of aromatic nitrogens is 2. The average molecular weight is 328 g/mol. The Kier molecular flexibility index (Phi) is 3.92. The smallest absolute Gasteiger partial charge is 0.329 e. The maximum atomic E-state index is 13.0. The minimum absolute atomic E-state index is 0.0762. The highest BCUT2D eigenvalue weighted by atomic mass is 16.2. The summed E-state index contributed by atoms with van der Waals surface area (Å²) in [5.41, 5.74) is 1.66. The molecule has 2 unspecified atom stereocenters. The first kappa shape index (κ1) is 15.4. The summed E-state index contributed by atoms with van der Waals surface area (Å²) in [6.07, 6.45) is 3.16. The van der Waals surface area contributed by atoms with E-state index in [1.165, 1.54) is 0 Å². The minimum Gasteiger partial charge on any atom is -0.334 e. The number of carbonyl (C=O) groups excluding carboxylic acids is 1. The molecule has 1 aromatic carbocycles. The van der Waals surface area contributed by atoms with Gasteiger partial charge in [-0.2, -0.15) is 0 Å². The van der Waals surface area contributed by atoms with Crippen LogP contribution < -0.4 is 11.0 Å². The fourth-order valence-corrected chi connectivity index (χ4v) is 4.34. The molecule has 2 fully saturated rings. The van der Waals surface area contributed by atoms with E-state index in [0.29, 0.717) is 12.6 Å². The van der Waals surface area contributed by atoms with Gasteiger partial charge < -0.3 is 10.2 Å². The number of nitrogens with zero attached hydrogens (tertiary/aromatic N) is 3. The Morgan fingerprint density at radius 1 is 1.12 bits per heavy atom. The van der Waals surface area contributed by atoms with Crippen LogP contribution in [0.15, 0.2) is 29.1 Å². The van der Waals surface area contributed by atoms with Gasteiger partial charge in [0.1, 0.15) is 6.54 Å². The predicted molar refractivity (Wildman–Crippen MR) is 93.0 cm³/mol. The highest BCUT2D eigenvalue weighted by Crippen LogP contribution is 2.28. The third-order valence-corrected chi connectivity index (χ3v) is 5.48. The van der Waals surface area contributed by atoms with Crippen LogP contribution in [0.4, 0.5) is 0 Å². The van der Waals surface area contributed by atoms with E-state index in [1.54, 1.807) is 9.13 Å². The number of hydrogen-bond acceptors (Lipinski definition) is 3. The topological polar surface area (TPSA) is 59.3 Å². The van der Waals surface area contributed by atoms with Crippen molar-refractivity contribution in [3.05, 3.63) is 34.7 Å². The van der Waals surface area contributed by atoms with Crippen molar-refractivity contribution in [3.63, 3.8) is 0 Å². The Morgan fingerprint density at radius 3 is 2.58 bits per heavy atom. The number of imidazole rings is 1. The zero-order valence-corrected chi connectivity index (χ0v) is 14.1. The van der Waals surface area contributed by atoms with E-state index in [9.17, 15) is 9.59 Å². The largest absolute Gasteiger partial charge is 0.334 e. The van der Waals surface area contributed by atoms with Crippen LogP contribution in [0.1, 0.15) is 26.2 Å². The highest BCUT2D eigenvalue weighted by molar-refractivity contribution is 5.81. The second-order valence-electron chi connectivity index (χ2n) is 6.78. The van der Waals surface area contributed by atoms with Crippen molar-refractivity contribution >= 4 is 16.9 Å². The predicted octanol–water partition coefficient (Wildman–Crippen LogP) is 1.18. The SMILES string of the molecule is CCn1c(=O)n(CC(=O)N2C3CCNCC2CC3)c2ccccc21. The summed E-state index contributed by atoms with van der Waals surface area (Å²) in [7, 11) is 0. The monoisotopic (exact) mass is 328 g/mol. The molecule has 4 rings (SSSR count). The summed E-state index contributed by atoms with van der Waals surface area (Å²) in [5.74, 6) is 0.0762. The molecule has 1 aromatic heterocycles. The highest BCUT2D eigenvalue weighted by Gasteiger charge is 2.38. The number of para-hydroxylation sites is 2. The van der Waals surface area contributed by atoms with Gasteiger partial charge in [-0.15, -0.1) is 0 Å². The van der Waals surface area contributed by atoms with Crippen molar-refractivity contribution < 1.29 is 4.79 Å². The van der Waals surface area contributed by atoms with Crippen molar-refractivity contribution in [2.45, 2.75) is 51.4 Å². The van der Waals surface area contributed by atoms with E-state index in [4.69, 9.17) is 0 Å². The third kappa shape index (κ3) is 2.36. The Morgan fingerprint density at radius 2 is 1.83 bits per heavy atom. The van der Waals surface area contributed by atoms with Gasteiger partial charge in [-0.25, -0.2) is 4.79 Å². The van der Waals surface area contributed by atoms with Crippen LogP contribution in [0.2, 0.25) is 0 Å². The standard InChI is InChI=1S/C18H24N4O2/c1-2-20-15-5-3-4-6-16(15)21(18(20)24)12-17(23)22-13-7-8-14(22)11-19-10-9-13/h3-6,13-14,19H,2,7-12H2,1H3. The zero-order chi connectivity index (χ0) is 16.7. The van der Waals surface area contributed by atoms with E-state index in [0.717, 1.165) is 43.4 Å². The van der Waals surface area contributed by atoms with Crippen LogP contribution in [0.25, 0.3) is 11.0 Å². The van der Waals surface area contributed by atoms with Gasteiger partial charge in [0.2, 0.25) is 5.91 Å². The van der Waals surface area contributed by atoms with Crippen molar-refractivity contribution in [1.29, 1.82) is 0 Å². The number of aryl methyl sites for hydroxylation is 1. The molecule has 1 amide bonds. The Bertz CT molecular complexity index is 808. The minimum atomic E-state index is -0.0904. The molecule has 2 atom stereocenters. The van der Waals surface area contributed by atoms with Crippen molar-refractivity contribution in [2.75, 3.05) is 13.1 Å². The molecule has 0 spiro atoms. The number of amides is 1. The van der Waals surface area contributed by atoms with Gasteiger partial charge in [-0.05, 0) is 44.9 Å². The molecule has 0 aliphatic carbocycles. The number of benzene rings is 1. The number of rotatable bonds is 3. The number of hydrogen-bond donors (Lipinski definition) is 1. The molecular weight excluding hydrogens is 304 g/mol. The van der Waals surface area contributed by atoms with E-state index in [-0.39, 0.29) is 24.2 Å². The van der Waals surface area contributed by atoms with E-state index >= 15 is 0 Å².